The molecule has 2 amide bonds. The van der Waals surface area contributed by atoms with Crippen LogP contribution in [0.4, 0.5) is 4.79 Å². The molecule has 92 valence electrons. The SMILES string of the molecule is CN(N=O)C(N)=O.O=C(O)Cc1ccccc1. The molecule has 7 heteroatoms. The molecule has 1 aromatic rings. The van der Waals surface area contributed by atoms with E-state index in [9.17, 15) is 14.5 Å². The highest BCUT2D eigenvalue weighted by Crippen LogP contribution is 1.98. The molecule has 0 fully saturated rings. The van der Waals surface area contributed by atoms with E-state index in [1.807, 2.05) is 18.2 Å². The summed E-state index contributed by atoms with van der Waals surface area (Å²) in [7, 11) is 1.18. The number of nitrogens with zero attached hydrogens (tertiary/aromatic N) is 2. The van der Waals surface area contributed by atoms with Crippen molar-refractivity contribution in [3.8, 4) is 0 Å². The van der Waals surface area contributed by atoms with Crippen LogP contribution < -0.4 is 5.73 Å². The number of nitrogens with two attached hydrogens (primary N) is 1. The molecule has 0 aliphatic rings. The van der Waals surface area contributed by atoms with Gasteiger partial charge in [0.05, 0.1) is 11.7 Å². The lowest BCUT2D eigenvalue weighted by Crippen LogP contribution is -2.26. The Balaban J connectivity index is 0.000000325. The maximum Gasteiger partial charge on any atom is 0.337 e. The summed E-state index contributed by atoms with van der Waals surface area (Å²) in [6.45, 7) is 0. The Labute approximate surface area is 97.8 Å². The third-order valence-electron chi connectivity index (χ3n) is 1.64. The molecule has 0 aliphatic carbocycles. The summed E-state index contributed by atoms with van der Waals surface area (Å²) in [5.74, 6) is -0.786. The van der Waals surface area contributed by atoms with E-state index in [1.165, 1.54) is 7.05 Å². The highest BCUT2D eigenvalue weighted by atomic mass is 16.4. The van der Waals surface area contributed by atoms with E-state index in [-0.39, 0.29) is 6.42 Å². The summed E-state index contributed by atoms with van der Waals surface area (Å²) in [6.07, 6.45) is 0.112. The van der Waals surface area contributed by atoms with Crippen LogP contribution in [-0.4, -0.2) is 29.2 Å². The van der Waals surface area contributed by atoms with Crippen LogP contribution in [0.25, 0.3) is 0 Å². The van der Waals surface area contributed by atoms with Crippen molar-refractivity contribution < 1.29 is 14.7 Å². The Kier molecular flexibility index (Phi) is 6.68. The van der Waals surface area contributed by atoms with Crippen LogP contribution in [0.3, 0.4) is 0 Å². The largest absolute Gasteiger partial charge is 0.481 e. The topological polar surface area (TPSA) is 113 Å². The van der Waals surface area contributed by atoms with E-state index >= 15 is 0 Å². The van der Waals surface area contributed by atoms with Crippen LogP contribution >= 0.6 is 0 Å². The molecule has 0 spiro atoms. The number of hydrogen-bond donors (Lipinski definition) is 2. The monoisotopic (exact) mass is 239 g/mol. The first-order valence-electron chi connectivity index (χ1n) is 4.59. The molecule has 0 unspecified atom stereocenters. The molecule has 3 N–H and O–H groups in total. The number of carboxylic acids is 1. The number of amides is 2. The minimum Gasteiger partial charge on any atom is -0.481 e. The molecule has 7 nitrogen and oxygen atoms in total. The smallest absolute Gasteiger partial charge is 0.337 e. The molecule has 0 saturated carbocycles. The van der Waals surface area contributed by atoms with Crippen molar-refractivity contribution in [3.63, 3.8) is 0 Å². The zero-order valence-corrected chi connectivity index (χ0v) is 9.24. The minimum atomic E-state index is -0.852. The average Bonchev–Trinajstić information content (AvgIpc) is 2.29. The number of aliphatic carboxylic acids is 1. The van der Waals surface area contributed by atoms with Crippen LogP contribution in [-0.2, 0) is 11.2 Å². The van der Waals surface area contributed by atoms with Crippen molar-refractivity contribution in [1.29, 1.82) is 0 Å². The summed E-state index contributed by atoms with van der Waals surface area (Å²) in [5.41, 5.74) is 5.38. The highest BCUT2D eigenvalue weighted by Gasteiger charge is 1.97. The molecule has 0 radical (unpaired) electrons. The van der Waals surface area contributed by atoms with Gasteiger partial charge in [0, 0.05) is 7.05 Å². The molecule has 17 heavy (non-hydrogen) atoms. The van der Waals surface area contributed by atoms with E-state index < -0.39 is 12.0 Å². The predicted molar refractivity (Wildman–Crippen MR) is 60.9 cm³/mol. The summed E-state index contributed by atoms with van der Waals surface area (Å²) in [6, 6.07) is 8.28. The van der Waals surface area contributed by atoms with Crippen LogP contribution in [0.5, 0.6) is 0 Å². The first-order valence-corrected chi connectivity index (χ1v) is 4.59. The number of primary amides is 1. The molecule has 1 rings (SSSR count). The lowest BCUT2D eigenvalue weighted by Gasteiger charge is -1.97. The number of carbonyl (C=O) groups excluding carboxylic acids is 1. The number of hydrogen-bond acceptors (Lipinski definition) is 4. The van der Waals surface area contributed by atoms with E-state index in [4.69, 9.17) is 5.11 Å². The van der Waals surface area contributed by atoms with Gasteiger partial charge in [-0.15, -0.1) is 4.91 Å². The third kappa shape index (κ3) is 7.48. The van der Waals surface area contributed by atoms with Crippen molar-refractivity contribution in [1.82, 2.24) is 5.01 Å². The predicted octanol–water partition coefficient (Wildman–Crippen LogP) is 0.992. The van der Waals surface area contributed by atoms with Gasteiger partial charge in [-0.3, -0.25) is 4.79 Å². The number of carbonyl (C=O) groups is 2. The van der Waals surface area contributed by atoms with Crippen molar-refractivity contribution in [3.05, 3.63) is 40.8 Å². The van der Waals surface area contributed by atoms with Crippen molar-refractivity contribution >= 4 is 12.0 Å². The zero-order valence-electron chi connectivity index (χ0n) is 9.24. The van der Waals surface area contributed by atoms with E-state index in [0.717, 1.165) is 5.56 Å². The van der Waals surface area contributed by atoms with E-state index in [0.29, 0.717) is 5.01 Å². The Morgan fingerprint density at radius 3 is 2.18 bits per heavy atom. The molecular weight excluding hydrogens is 226 g/mol. The maximum absolute atomic E-state index is 10.2. The second-order valence-electron chi connectivity index (χ2n) is 3.00. The van der Waals surface area contributed by atoms with Gasteiger partial charge in [0.2, 0.25) is 0 Å². The lowest BCUT2D eigenvalue weighted by molar-refractivity contribution is -0.136. The molecular formula is C10H13N3O4. The van der Waals surface area contributed by atoms with Gasteiger partial charge in [-0.2, -0.15) is 5.01 Å². The molecule has 0 aliphatic heterocycles. The second-order valence-corrected chi connectivity index (χ2v) is 3.00. The number of nitroso groups, excluding NO2 is 1. The summed E-state index contributed by atoms with van der Waals surface area (Å²) < 4.78 is 0. The molecule has 0 aromatic heterocycles. The quantitative estimate of drug-likeness (QED) is 0.604. The van der Waals surface area contributed by atoms with Gasteiger partial charge in [-0.05, 0) is 5.56 Å². The summed E-state index contributed by atoms with van der Waals surface area (Å²) in [4.78, 5) is 29.3. The molecule has 0 atom stereocenters. The Morgan fingerprint density at radius 1 is 1.35 bits per heavy atom. The third-order valence-corrected chi connectivity index (χ3v) is 1.64. The maximum atomic E-state index is 10.2. The van der Waals surface area contributed by atoms with Crippen molar-refractivity contribution in [2.24, 2.45) is 11.0 Å². The molecule has 0 bridgehead atoms. The van der Waals surface area contributed by atoms with Crippen molar-refractivity contribution in [2.45, 2.75) is 6.42 Å². The number of benzene rings is 1. The molecule has 0 heterocycles. The zero-order chi connectivity index (χ0) is 13.3. The van der Waals surface area contributed by atoms with Gasteiger partial charge in [-0.1, -0.05) is 30.3 Å². The first kappa shape index (κ1) is 14.6. The summed E-state index contributed by atoms with van der Waals surface area (Å²) in [5, 5.41) is 11.1. The first-order chi connectivity index (χ1) is 7.97. The minimum absolute atomic E-state index is 0.112. The number of rotatable bonds is 3. The number of carboxylic acid groups (broad SMARTS) is 1. The van der Waals surface area contributed by atoms with Gasteiger partial charge < -0.3 is 10.8 Å². The Bertz CT molecular complexity index is 380. The number of urea groups is 1. The van der Waals surface area contributed by atoms with E-state index in [1.54, 1.807) is 12.1 Å². The Hall–Kier alpha value is -2.44. The van der Waals surface area contributed by atoms with Gasteiger partial charge in [0.1, 0.15) is 0 Å². The van der Waals surface area contributed by atoms with Gasteiger partial charge >= 0.3 is 12.0 Å². The van der Waals surface area contributed by atoms with Crippen LogP contribution in [0, 0.1) is 4.91 Å². The van der Waals surface area contributed by atoms with Crippen LogP contribution in [0.1, 0.15) is 5.56 Å². The highest BCUT2D eigenvalue weighted by molar-refractivity contribution is 5.71. The molecule has 1 aromatic carbocycles. The lowest BCUT2D eigenvalue weighted by atomic mass is 10.2. The fourth-order valence-corrected chi connectivity index (χ4v) is 0.811. The second kappa shape index (κ2) is 7.80. The van der Waals surface area contributed by atoms with Gasteiger partial charge in [0.15, 0.2) is 0 Å². The van der Waals surface area contributed by atoms with Gasteiger partial charge in [0.25, 0.3) is 0 Å². The van der Waals surface area contributed by atoms with Crippen LogP contribution in [0.15, 0.2) is 35.6 Å². The van der Waals surface area contributed by atoms with E-state index in [2.05, 4.69) is 11.0 Å². The van der Waals surface area contributed by atoms with Crippen molar-refractivity contribution in [2.75, 3.05) is 7.05 Å². The normalized spacial score (nSPS) is 8.53. The fourth-order valence-electron chi connectivity index (χ4n) is 0.811. The Morgan fingerprint density at radius 2 is 1.88 bits per heavy atom. The molecule has 0 saturated heterocycles. The summed E-state index contributed by atoms with van der Waals surface area (Å²) >= 11 is 0. The standard InChI is InChI=1S/C8H8O2.C2H5N3O2/c9-8(10)6-7-4-2-1-3-5-7;1-5(4-7)2(3)6/h1-5H,6H2,(H,9,10);1H3,(H2,3,6). The average molecular weight is 239 g/mol. The van der Waals surface area contributed by atoms with Crippen LogP contribution in [0.2, 0.25) is 0 Å². The fraction of sp³-hybridized carbons (Fsp3) is 0.200. The van der Waals surface area contributed by atoms with Gasteiger partial charge in [-0.25, -0.2) is 4.79 Å².